The molecule has 0 aliphatic heterocycles. The summed E-state index contributed by atoms with van der Waals surface area (Å²) in [4.78, 5) is 23.9. The van der Waals surface area contributed by atoms with Crippen LogP contribution >= 0.6 is 0 Å². The number of aliphatic hydroxyl groups is 2. The summed E-state index contributed by atoms with van der Waals surface area (Å²) in [5.41, 5.74) is 0.278. The molecule has 1 amide bonds. The van der Waals surface area contributed by atoms with E-state index < -0.39 is 30.4 Å². The van der Waals surface area contributed by atoms with Crippen molar-refractivity contribution in [1.82, 2.24) is 5.32 Å². The summed E-state index contributed by atoms with van der Waals surface area (Å²) < 4.78 is 5.65. The molecule has 0 aliphatic rings. The van der Waals surface area contributed by atoms with Crippen molar-refractivity contribution in [3.8, 4) is 11.5 Å². The van der Waals surface area contributed by atoms with E-state index in [1.807, 2.05) is 18.2 Å². The van der Waals surface area contributed by atoms with Crippen LogP contribution in [0, 0.1) is 0 Å². The molecule has 0 aliphatic carbocycles. The molecule has 2 aromatic carbocycles. The molecular formula is C18H19NO5. The number of nitrogens with one attached hydrogen (secondary N) is 1. The fourth-order valence-electron chi connectivity index (χ4n) is 2.12. The van der Waals surface area contributed by atoms with Crippen LogP contribution in [0.2, 0.25) is 0 Å². The van der Waals surface area contributed by atoms with E-state index in [0.717, 1.165) is 0 Å². The van der Waals surface area contributed by atoms with E-state index in [0.29, 0.717) is 11.5 Å². The zero-order valence-electron chi connectivity index (χ0n) is 13.2. The maximum Gasteiger partial charge on any atom is 0.252 e. The van der Waals surface area contributed by atoms with E-state index in [-0.39, 0.29) is 5.56 Å². The highest BCUT2D eigenvalue weighted by molar-refractivity contribution is 5.98. The van der Waals surface area contributed by atoms with Gasteiger partial charge in [0.15, 0.2) is 5.78 Å². The Balaban J connectivity index is 2.12. The Labute approximate surface area is 139 Å². The first-order chi connectivity index (χ1) is 11.5. The van der Waals surface area contributed by atoms with Crippen molar-refractivity contribution in [2.24, 2.45) is 0 Å². The van der Waals surface area contributed by atoms with Crippen molar-refractivity contribution in [2.75, 3.05) is 6.61 Å². The van der Waals surface area contributed by atoms with Crippen LogP contribution in [0.25, 0.3) is 0 Å². The van der Waals surface area contributed by atoms with E-state index in [1.165, 1.54) is 13.0 Å². The van der Waals surface area contributed by atoms with Crippen LogP contribution in [0.3, 0.4) is 0 Å². The Morgan fingerprint density at radius 3 is 2.38 bits per heavy atom. The Morgan fingerprint density at radius 2 is 1.75 bits per heavy atom. The lowest BCUT2D eigenvalue weighted by Gasteiger charge is -2.19. The van der Waals surface area contributed by atoms with Gasteiger partial charge in [-0.25, -0.2) is 0 Å². The monoisotopic (exact) mass is 329 g/mol. The molecule has 0 fully saturated rings. The average Bonchev–Trinajstić information content (AvgIpc) is 2.59. The van der Waals surface area contributed by atoms with E-state index in [1.54, 1.807) is 30.3 Å². The zero-order valence-corrected chi connectivity index (χ0v) is 13.2. The third-order valence-electron chi connectivity index (χ3n) is 3.35. The standard InChI is InChI=1S/C18H19NO5/c1-12(21)17(16(22)11-20)19-18(23)13-6-5-9-15(10-13)24-14-7-3-2-4-8-14/h2-10,12,17,20-21H,11H2,1H3,(H,19,23)/t12-,17+/m1/s1. The number of ketones is 1. The minimum Gasteiger partial charge on any atom is -0.457 e. The molecule has 0 bridgehead atoms. The van der Waals surface area contributed by atoms with E-state index in [4.69, 9.17) is 9.84 Å². The number of carbonyl (C=O) groups excluding carboxylic acids is 2. The molecule has 2 rings (SSSR count). The van der Waals surface area contributed by atoms with Crippen LogP contribution in [0.15, 0.2) is 54.6 Å². The van der Waals surface area contributed by atoms with Gasteiger partial charge in [-0.3, -0.25) is 9.59 Å². The second-order valence-corrected chi connectivity index (χ2v) is 5.26. The fourth-order valence-corrected chi connectivity index (χ4v) is 2.12. The summed E-state index contributed by atoms with van der Waals surface area (Å²) >= 11 is 0. The van der Waals surface area contributed by atoms with Crippen LogP contribution in [0.4, 0.5) is 0 Å². The maximum absolute atomic E-state index is 12.3. The van der Waals surface area contributed by atoms with E-state index in [2.05, 4.69) is 5.32 Å². The summed E-state index contributed by atoms with van der Waals surface area (Å²) in [6, 6.07) is 14.4. The van der Waals surface area contributed by atoms with Crippen LogP contribution in [0.1, 0.15) is 17.3 Å². The van der Waals surface area contributed by atoms with Gasteiger partial charge in [0.2, 0.25) is 0 Å². The van der Waals surface area contributed by atoms with Crippen LogP contribution < -0.4 is 10.1 Å². The number of hydrogen-bond donors (Lipinski definition) is 3. The summed E-state index contributed by atoms with van der Waals surface area (Å²) in [6.07, 6.45) is -1.11. The van der Waals surface area contributed by atoms with Crippen molar-refractivity contribution in [3.63, 3.8) is 0 Å². The number of rotatable bonds is 7. The SMILES string of the molecule is C[C@@H](O)[C@H](NC(=O)c1cccc(Oc2ccccc2)c1)C(=O)CO. The Bertz CT molecular complexity index is 700. The normalized spacial score (nSPS) is 13.0. The largest absolute Gasteiger partial charge is 0.457 e. The number of Topliss-reactive ketones (excluding diaryl/α,β-unsaturated/α-hetero) is 1. The van der Waals surface area contributed by atoms with Crippen molar-refractivity contribution in [2.45, 2.75) is 19.1 Å². The van der Waals surface area contributed by atoms with Crippen molar-refractivity contribution in [3.05, 3.63) is 60.2 Å². The van der Waals surface area contributed by atoms with Crippen molar-refractivity contribution >= 4 is 11.7 Å². The highest BCUT2D eigenvalue weighted by Gasteiger charge is 2.25. The van der Waals surface area contributed by atoms with Gasteiger partial charge in [0.25, 0.3) is 5.91 Å². The third kappa shape index (κ3) is 4.65. The number of aliphatic hydroxyl groups excluding tert-OH is 2. The van der Waals surface area contributed by atoms with Gasteiger partial charge in [-0.1, -0.05) is 24.3 Å². The molecule has 3 N–H and O–H groups in total. The van der Waals surface area contributed by atoms with Crippen molar-refractivity contribution < 1.29 is 24.5 Å². The number of para-hydroxylation sites is 1. The second kappa shape index (κ2) is 8.24. The van der Waals surface area contributed by atoms with Gasteiger partial charge >= 0.3 is 0 Å². The Kier molecular flexibility index (Phi) is 6.06. The molecule has 24 heavy (non-hydrogen) atoms. The summed E-state index contributed by atoms with van der Waals surface area (Å²) in [7, 11) is 0. The second-order valence-electron chi connectivity index (χ2n) is 5.26. The minimum atomic E-state index is -1.17. The number of carbonyl (C=O) groups is 2. The molecule has 6 heteroatoms. The van der Waals surface area contributed by atoms with E-state index in [9.17, 15) is 14.7 Å². The topological polar surface area (TPSA) is 95.9 Å². The number of benzene rings is 2. The number of hydrogen-bond acceptors (Lipinski definition) is 5. The lowest BCUT2D eigenvalue weighted by atomic mass is 10.1. The molecule has 0 heterocycles. The van der Waals surface area contributed by atoms with Gasteiger partial charge in [-0.15, -0.1) is 0 Å². The number of amides is 1. The molecule has 0 unspecified atom stereocenters. The lowest BCUT2D eigenvalue weighted by molar-refractivity contribution is -0.125. The molecule has 2 aromatic rings. The highest BCUT2D eigenvalue weighted by Crippen LogP contribution is 2.21. The summed E-state index contributed by atoms with van der Waals surface area (Å²) in [6.45, 7) is 0.612. The van der Waals surface area contributed by atoms with Gasteiger partial charge in [0.1, 0.15) is 24.1 Å². The third-order valence-corrected chi connectivity index (χ3v) is 3.35. The molecule has 2 atom stereocenters. The zero-order chi connectivity index (χ0) is 17.5. The Hall–Kier alpha value is -2.70. The Morgan fingerprint density at radius 1 is 1.08 bits per heavy atom. The fraction of sp³-hybridized carbons (Fsp3) is 0.222. The molecule has 126 valence electrons. The van der Waals surface area contributed by atoms with E-state index >= 15 is 0 Å². The first-order valence-corrected chi connectivity index (χ1v) is 7.46. The van der Waals surface area contributed by atoms with Crippen LogP contribution in [-0.4, -0.2) is 40.7 Å². The molecule has 0 spiro atoms. The summed E-state index contributed by atoms with van der Waals surface area (Å²) in [5, 5.41) is 20.9. The molecular weight excluding hydrogens is 310 g/mol. The predicted molar refractivity (Wildman–Crippen MR) is 88.0 cm³/mol. The molecule has 0 radical (unpaired) electrons. The van der Waals surface area contributed by atoms with Crippen LogP contribution in [0.5, 0.6) is 11.5 Å². The molecule has 6 nitrogen and oxygen atoms in total. The highest BCUT2D eigenvalue weighted by atomic mass is 16.5. The smallest absolute Gasteiger partial charge is 0.252 e. The van der Waals surface area contributed by atoms with Gasteiger partial charge in [-0.05, 0) is 37.3 Å². The maximum atomic E-state index is 12.3. The summed E-state index contributed by atoms with van der Waals surface area (Å²) in [5.74, 6) is -0.0976. The van der Waals surface area contributed by atoms with Gasteiger partial charge in [0, 0.05) is 5.56 Å². The van der Waals surface area contributed by atoms with Gasteiger partial charge in [0.05, 0.1) is 6.10 Å². The van der Waals surface area contributed by atoms with Crippen LogP contribution in [-0.2, 0) is 4.79 Å². The molecule has 0 aromatic heterocycles. The quantitative estimate of drug-likeness (QED) is 0.716. The van der Waals surface area contributed by atoms with Gasteiger partial charge < -0.3 is 20.3 Å². The number of ether oxygens (including phenoxy) is 1. The first-order valence-electron chi connectivity index (χ1n) is 7.46. The lowest BCUT2D eigenvalue weighted by Crippen LogP contribution is -2.48. The van der Waals surface area contributed by atoms with Crippen molar-refractivity contribution in [1.29, 1.82) is 0 Å². The first kappa shape index (κ1) is 17.7. The van der Waals surface area contributed by atoms with Gasteiger partial charge in [-0.2, -0.15) is 0 Å². The minimum absolute atomic E-state index is 0.278. The predicted octanol–water partition coefficient (Wildman–Crippen LogP) is 1.52. The molecule has 0 saturated heterocycles. The molecule has 0 saturated carbocycles. The average molecular weight is 329 g/mol.